The number of amides is 1. The molecule has 1 aromatic rings. The number of carbonyl (C=O) groups excluding carboxylic acids is 2. The van der Waals surface area contributed by atoms with Crippen LogP contribution in [0.25, 0.3) is 0 Å². The van der Waals surface area contributed by atoms with Crippen molar-refractivity contribution < 1.29 is 27.3 Å². The predicted octanol–water partition coefficient (Wildman–Crippen LogP) is 1.19. The molecule has 1 aromatic carbocycles. The largest absolute Gasteiger partial charge is 0.464 e. The van der Waals surface area contributed by atoms with E-state index in [1.54, 1.807) is 31.2 Å². The molecular formula is C15H21NO6S. The monoisotopic (exact) mass is 343 g/mol. The van der Waals surface area contributed by atoms with Gasteiger partial charge in [0.25, 0.3) is 16.0 Å². The zero-order valence-electron chi connectivity index (χ0n) is 13.1. The maximum atomic E-state index is 12.3. The normalized spacial score (nSPS) is 12.5. The third-order valence-electron chi connectivity index (χ3n) is 3.18. The van der Waals surface area contributed by atoms with Crippen molar-refractivity contribution in [2.24, 2.45) is 0 Å². The lowest BCUT2D eigenvalue weighted by molar-refractivity contribution is -0.145. The number of rotatable bonds is 8. The van der Waals surface area contributed by atoms with Crippen LogP contribution >= 0.6 is 0 Å². The summed E-state index contributed by atoms with van der Waals surface area (Å²) in [7, 11) is -4.24. The summed E-state index contributed by atoms with van der Waals surface area (Å²) in [6, 6.07) is 5.78. The average Bonchev–Trinajstić information content (AvgIpc) is 2.50. The van der Waals surface area contributed by atoms with Crippen LogP contribution in [0.5, 0.6) is 0 Å². The molecule has 0 radical (unpaired) electrons. The smallest absolute Gasteiger partial charge is 0.328 e. The molecule has 0 spiro atoms. The van der Waals surface area contributed by atoms with Crippen molar-refractivity contribution in [3.8, 4) is 0 Å². The van der Waals surface area contributed by atoms with Gasteiger partial charge >= 0.3 is 5.97 Å². The van der Waals surface area contributed by atoms with Gasteiger partial charge in [-0.15, -0.1) is 0 Å². The van der Waals surface area contributed by atoms with Gasteiger partial charge in [0.15, 0.2) is 0 Å². The van der Waals surface area contributed by atoms with Crippen molar-refractivity contribution in [3.63, 3.8) is 0 Å². The van der Waals surface area contributed by atoms with E-state index in [0.29, 0.717) is 12.0 Å². The number of hydrogen-bond acceptors (Lipinski definition) is 5. The van der Waals surface area contributed by atoms with E-state index >= 15 is 0 Å². The molecule has 1 atom stereocenters. The minimum Gasteiger partial charge on any atom is -0.464 e. The Bertz CT molecular complexity index is 656. The van der Waals surface area contributed by atoms with Crippen molar-refractivity contribution >= 4 is 22.0 Å². The van der Waals surface area contributed by atoms with Gasteiger partial charge in [-0.25, -0.2) is 4.79 Å². The summed E-state index contributed by atoms with van der Waals surface area (Å²) in [5.41, 5.74) is 1.22. The number of hydrogen-bond donors (Lipinski definition) is 2. The fourth-order valence-corrected chi connectivity index (χ4v) is 2.58. The van der Waals surface area contributed by atoms with Crippen LogP contribution in [0.4, 0.5) is 0 Å². The molecule has 128 valence electrons. The molecule has 0 aliphatic heterocycles. The maximum absolute atomic E-state index is 12.3. The molecule has 1 rings (SSSR count). The van der Waals surface area contributed by atoms with E-state index < -0.39 is 33.8 Å². The molecular weight excluding hydrogens is 322 g/mol. The highest BCUT2D eigenvalue weighted by Gasteiger charge is 2.25. The van der Waals surface area contributed by atoms with Gasteiger partial charge in [0.2, 0.25) is 0 Å². The standard InChI is InChI=1S/C15H21NO6S/c1-3-11-7-5-6-8-12(11)14(17)16-13(15(18)22-4-2)9-10-23(19,20)21/h5-8,13H,3-4,9-10H2,1-2H3,(H,16,17)(H,19,20,21)/t13-/m0/s1. The van der Waals surface area contributed by atoms with Crippen molar-refractivity contribution in [3.05, 3.63) is 35.4 Å². The number of carbonyl (C=O) groups is 2. The topological polar surface area (TPSA) is 110 Å². The van der Waals surface area contributed by atoms with Crippen LogP contribution in [0.3, 0.4) is 0 Å². The van der Waals surface area contributed by atoms with Crippen molar-refractivity contribution in [2.45, 2.75) is 32.7 Å². The minimum atomic E-state index is -4.24. The Kier molecular flexibility index (Phi) is 7.18. The highest BCUT2D eigenvalue weighted by Crippen LogP contribution is 2.10. The van der Waals surface area contributed by atoms with Crippen LogP contribution in [0.1, 0.15) is 36.2 Å². The van der Waals surface area contributed by atoms with Crippen LogP contribution in [0.15, 0.2) is 24.3 Å². The van der Waals surface area contributed by atoms with E-state index in [0.717, 1.165) is 5.56 Å². The van der Waals surface area contributed by atoms with E-state index in [4.69, 9.17) is 9.29 Å². The first-order chi connectivity index (χ1) is 10.8. The Morgan fingerprint density at radius 3 is 2.48 bits per heavy atom. The molecule has 0 heterocycles. The quantitative estimate of drug-likeness (QED) is 0.542. The summed E-state index contributed by atoms with van der Waals surface area (Å²) in [5, 5.41) is 2.48. The van der Waals surface area contributed by atoms with Crippen LogP contribution in [-0.4, -0.2) is 43.2 Å². The van der Waals surface area contributed by atoms with Crippen molar-refractivity contribution in [2.75, 3.05) is 12.4 Å². The summed E-state index contributed by atoms with van der Waals surface area (Å²) in [5.74, 6) is -1.87. The van der Waals surface area contributed by atoms with Gasteiger partial charge in [-0.1, -0.05) is 25.1 Å². The summed E-state index contributed by atoms with van der Waals surface area (Å²) in [6.45, 7) is 3.60. The van der Waals surface area contributed by atoms with Crippen LogP contribution in [-0.2, 0) is 26.1 Å². The molecule has 2 N–H and O–H groups in total. The average molecular weight is 343 g/mol. The SMILES string of the molecule is CCOC(=O)[C@H](CCS(=O)(=O)O)NC(=O)c1ccccc1CC. The van der Waals surface area contributed by atoms with Gasteiger partial charge in [-0.3, -0.25) is 9.35 Å². The summed E-state index contributed by atoms with van der Waals surface area (Å²) in [6.07, 6.45) is 0.371. The molecule has 1 amide bonds. The Morgan fingerprint density at radius 1 is 1.26 bits per heavy atom. The predicted molar refractivity (Wildman–Crippen MR) is 84.7 cm³/mol. The fourth-order valence-electron chi connectivity index (χ4n) is 2.04. The van der Waals surface area contributed by atoms with Gasteiger partial charge < -0.3 is 10.1 Å². The van der Waals surface area contributed by atoms with E-state index in [1.807, 2.05) is 6.92 Å². The van der Waals surface area contributed by atoms with Crippen LogP contribution in [0, 0.1) is 0 Å². The number of aryl methyl sites for hydroxylation is 1. The van der Waals surface area contributed by atoms with E-state index in [2.05, 4.69) is 5.32 Å². The van der Waals surface area contributed by atoms with Crippen molar-refractivity contribution in [1.82, 2.24) is 5.32 Å². The molecule has 0 fully saturated rings. The lowest BCUT2D eigenvalue weighted by Crippen LogP contribution is -2.43. The molecule has 0 saturated heterocycles. The van der Waals surface area contributed by atoms with Gasteiger partial charge in [-0.2, -0.15) is 8.42 Å². The molecule has 7 nitrogen and oxygen atoms in total. The summed E-state index contributed by atoms with van der Waals surface area (Å²) < 4.78 is 35.4. The second-order valence-corrected chi connectivity index (χ2v) is 6.44. The third-order valence-corrected chi connectivity index (χ3v) is 3.94. The Balaban J connectivity index is 2.90. The first-order valence-corrected chi connectivity index (χ1v) is 8.90. The molecule has 0 bridgehead atoms. The molecule has 23 heavy (non-hydrogen) atoms. The minimum absolute atomic E-state index is 0.0998. The second-order valence-electron chi connectivity index (χ2n) is 4.86. The first kappa shape index (κ1) is 19.1. The first-order valence-electron chi connectivity index (χ1n) is 7.29. The Morgan fingerprint density at radius 2 is 1.91 bits per heavy atom. The molecule has 0 aliphatic rings. The Labute approximate surface area is 135 Å². The highest BCUT2D eigenvalue weighted by molar-refractivity contribution is 7.85. The van der Waals surface area contributed by atoms with Gasteiger partial charge in [0.1, 0.15) is 6.04 Å². The zero-order valence-corrected chi connectivity index (χ0v) is 13.9. The number of ether oxygens (including phenoxy) is 1. The van der Waals surface area contributed by atoms with E-state index in [9.17, 15) is 18.0 Å². The third kappa shape index (κ3) is 6.37. The second kappa shape index (κ2) is 8.64. The van der Waals surface area contributed by atoms with Crippen molar-refractivity contribution in [1.29, 1.82) is 0 Å². The maximum Gasteiger partial charge on any atom is 0.328 e. The molecule has 0 unspecified atom stereocenters. The summed E-state index contributed by atoms with van der Waals surface area (Å²) in [4.78, 5) is 24.2. The lowest BCUT2D eigenvalue weighted by Gasteiger charge is -2.17. The van der Waals surface area contributed by atoms with Crippen LogP contribution in [0.2, 0.25) is 0 Å². The number of esters is 1. The molecule has 0 aliphatic carbocycles. The molecule has 0 aromatic heterocycles. The highest BCUT2D eigenvalue weighted by atomic mass is 32.2. The van der Waals surface area contributed by atoms with Crippen LogP contribution < -0.4 is 5.32 Å². The van der Waals surface area contributed by atoms with E-state index in [-0.39, 0.29) is 13.0 Å². The molecule has 0 saturated carbocycles. The van der Waals surface area contributed by atoms with Gasteiger partial charge in [-0.05, 0) is 31.4 Å². The number of benzene rings is 1. The fraction of sp³-hybridized carbons (Fsp3) is 0.467. The lowest BCUT2D eigenvalue weighted by atomic mass is 10.0. The molecule has 8 heteroatoms. The van der Waals surface area contributed by atoms with Gasteiger partial charge in [0.05, 0.1) is 12.4 Å². The summed E-state index contributed by atoms with van der Waals surface area (Å²) >= 11 is 0. The number of nitrogens with one attached hydrogen (secondary N) is 1. The van der Waals surface area contributed by atoms with Gasteiger partial charge in [0, 0.05) is 5.56 Å². The zero-order chi connectivity index (χ0) is 17.5. The Hall–Kier alpha value is -1.93. The van der Waals surface area contributed by atoms with E-state index in [1.165, 1.54) is 0 Å².